The number of hydrogen-bond acceptors (Lipinski definition) is 18. The van der Waals surface area contributed by atoms with Crippen LogP contribution in [0.15, 0.2) is 107 Å². The largest absolute Gasteiger partial charge is 0.389 e. The fourth-order valence-corrected chi connectivity index (χ4v) is 6.03. The lowest BCUT2D eigenvalue weighted by atomic mass is 10.1. The van der Waals surface area contributed by atoms with E-state index in [1.807, 2.05) is 60.7 Å². The van der Waals surface area contributed by atoms with Crippen LogP contribution in [0.2, 0.25) is 0 Å². The summed E-state index contributed by atoms with van der Waals surface area (Å²) in [6.07, 6.45) is 0.754. The lowest BCUT2D eigenvalue weighted by Crippen LogP contribution is -2.48. The number of carbonyl (C=O) groups is 2. The van der Waals surface area contributed by atoms with Crippen molar-refractivity contribution >= 4 is 34.9 Å². The van der Waals surface area contributed by atoms with Crippen molar-refractivity contribution in [1.82, 2.24) is 50.4 Å². The molecule has 1 aliphatic heterocycles. The zero-order chi connectivity index (χ0) is 46.1. The number of pyridine rings is 2. The van der Waals surface area contributed by atoms with Crippen molar-refractivity contribution < 1.29 is 38.2 Å². The smallest absolute Gasteiger partial charge is 0.285 e. The highest BCUT2D eigenvalue weighted by atomic mass is 16.7. The van der Waals surface area contributed by atoms with Crippen LogP contribution in [0.5, 0.6) is 0 Å². The molecule has 1 aliphatic rings. The molecular formula is C43H50N14O8. The maximum atomic E-state index is 12.7. The number of anilines is 2. The van der Waals surface area contributed by atoms with E-state index in [-0.39, 0.29) is 13.2 Å². The predicted molar refractivity (Wildman–Crippen MR) is 234 cm³/mol. The summed E-state index contributed by atoms with van der Waals surface area (Å²) in [7, 11) is 3.45. The van der Waals surface area contributed by atoms with Crippen molar-refractivity contribution in [2.75, 3.05) is 37.1 Å². The number of carbonyl (C=O) groups excluding carboxylic acids is 2. The van der Waals surface area contributed by atoms with Crippen LogP contribution in [0.4, 0.5) is 11.6 Å². The first-order valence-corrected chi connectivity index (χ1v) is 20.6. The highest BCUT2D eigenvalue weighted by Crippen LogP contribution is 2.21. The van der Waals surface area contributed by atoms with Gasteiger partial charge in [0.2, 0.25) is 23.2 Å². The Labute approximate surface area is 374 Å². The molecule has 0 saturated carbocycles. The second-order valence-corrected chi connectivity index (χ2v) is 14.2. The van der Waals surface area contributed by atoms with E-state index in [9.17, 15) is 9.59 Å². The molecule has 5 heterocycles. The zero-order valence-corrected chi connectivity index (χ0v) is 36.8. The summed E-state index contributed by atoms with van der Waals surface area (Å²) in [5.74, 6) is -1.97. The van der Waals surface area contributed by atoms with Gasteiger partial charge in [-0.05, 0) is 79.2 Å². The van der Waals surface area contributed by atoms with Crippen LogP contribution in [-0.2, 0) is 65.5 Å². The molecule has 0 spiro atoms. The number of rotatable bonds is 18. The number of benzene rings is 2. The summed E-state index contributed by atoms with van der Waals surface area (Å²) >= 11 is 0. The molecule has 0 unspecified atom stereocenters. The van der Waals surface area contributed by atoms with E-state index < -0.39 is 23.4 Å². The van der Waals surface area contributed by atoms with Crippen molar-refractivity contribution in [2.45, 2.75) is 58.9 Å². The molecule has 2 aromatic carbocycles. The molecule has 65 heavy (non-hydrogen) atoms. The summed E-state index contributed by atoms with van der Waals surface area (Å²) in [6.45, 7) is 8.49. The zero-order valence-electron chi connectivity index (χ0n) is 36.8. The molecule has 0 atom stereocenters. The Kier molecular flexibility index (Phi) is 16.5. The van der Waals surface area contributed by atoms with Gasteiger partial charge >= 0.3 is 0 Å². The van der Waals surface area contributed by atoms with E-state index in [2.05, 4.69) is 62.0 Å². The van der Waals surface area contributed by atoms with Gasteiger partial charge in [-0.2, -0.15) is 0 Å². The fraction of sp³-hybridized carbons (Fsp3) is 0.349. The first-order valence-electron chi connectivity index (χ1n) is 20.6. The SMILES string of the molecule is CCOC(C)(OCC)C(=O)Nc1cccc(CO/N=C(/c2ccccc2)c2nnnn2C)n1.Cn1nnnc1/C(=N\OCc1cccc(NC(=O)C2(C)OCCCO2)n1)c1ccccc1. The van der Waals surface area contributed by atoms with Gasteiger partial charge in [-0.3, -0.25) is 9.59 Å². The molecule has 0 aliphatic carbocycles. The number of aromatic nitrogens is 10. The third-order valence-electron chi connectivity index (χ3n) is 9.30. The van der Waals surface area contributed by atoms with Crippen LogP contribution < -0.4 is 10.6 Å². The maximum Gasteiger partial charge on any atom is 0.285 e. The monoisotopic (exact) mass is 890 g/mol. The average molecular weight is 891 g/mol. The number of oxime groups is 2. The number of nitrogens with zero attached hydrogens (tertiary/aromatic N) is 12. The van der Waals surface area contributed by atoms with Crippen LogP contribution in [0.3, 0.4) is 0 Å². The van der Waals surface area contributed by atoms with Gasteiger partial charge in [-0.1, -0.05) is 83.1 Å². The van der Waals surface area contributed by atoms with Crippen LogP contribution in [0.25, 0.3) is 0 Å². The Morgan fingerprint density at radius 3 is 1.58 bits per heavy atom. The third-order valence-corrected chi connectivity index (χ3v) is 9.30. The van der Waals surface area contributed by atoms with Gasteiger partial charge in [0, 0.05) is 38.4 Å². The lowest BCUT2D eigenvalue weighted by molar-refractivity contribution is -0.241. The van der Waals surface area contributed by atoms with Crippen LogP contribution in [0.1, 0.15) is 68.3 Å². The quantitative estimate of drug-likeness (QED) is 0.0704. The molecule has 2 N–H and O–H groups in total. The van der Waals surface area contributed by atoms with Crippen molar-refractivity contribution in [3.05, 3.63) is 131 Å². The second-order valence-electron chi connectivity index (χ2n) is 14.2. The predicted octanol–water partition coefficient (Wildman–Crippen LogP) is 3.97. The molecular weight excluding hydrogens is 841 g/mol. The second kappa shape index (κ2) is 22.8. The van der Waals surface area contributed by atoms with E-state index in [4.69, 9.17) is 28.6 Å². The number of tetrazole rings is 2. The first-order chi connectivity index (χ1) is 31.5. The maximum absolute atomic E-state index is 12.7. The Balaban J connectivity index is 0.000000215. The molecule has 340 valence electrons. The number of amides is 2. The minimum absolute atomic E-state index is 0.0690. The Bertz CT molecular complexity index is 2520. The average Bonchev–Trinajstić information content (AvgIpc) is 3.95. The van der Waals surface area contributed by atoms with Gasteiger partial charge in [-0.15, -0.1) is 10.2 Å². The summed E-state index contributed by atoms with van der Waals surface area (Å²) in [4.78, 5) is 45.2. The number of aryl methyl sites for hydroxylation is 2. The van der Waals surface area contributed by atoms with Crippen molar-refractivity contribution in [3.63, 3.8) is 0 Å². The van der Waals surface area contributed by atoms with Crippen molar-refractivity contribution in [1.29, 1.82) is 0 Å². The lowest BCUT2D eigenvalue weighted by Gasteiger charge is -2.32. The van der Waals surface area contributed by atoms with E-state index in [0.717, 1.165) is 17.5 Å². The fourth-order valence-electron chi connectivity index (χ4n) is 6.03. The molecule has 6 aromatic rings. The van der Waals surface area contributed by atoms with Gasteiger partial charge < -0.3 is 39.3 Å². The van der Waals surface area contributed by atoms with Crippen LogP contribution >= 0.6 is 0 Å². The van der Waals surface area contributed by atoms with Crippen LogP contribution in [0, 0.1) is 0 Å². The molecule has 2 amide bonds. The van der Waals surface area contributed by atoms with Gasteiger partial charge in [0.05, 0.1) is 24.6 Å². The van der Waals surface area contributed by atoms with E-state index in [0.29, 0.717) is 72.5 Å². The Morgan fingerprint density at radius 1 is 0.692 bits per heavy atom. The molecule has 0 bridgehead atoms. The summed E-state index contributed by atoms with van der Waals surface area (Å²) < 4.78 is 25.0. The van der Waals surface area contributed by atoms with E-state index in [1.54, 1.807) is 78.2 Å². The molecule has 1 saturated heterocycles. The standard InChI is InChI=1S/C22H27N7O4.C21H23N7O4/c1-5-31-22(3,32-6-2)21(30)24-18-14-10-13-17(23-18)15-33-26-19(16-11-8-7-9-12-16)20-25-27-28-29(20)4;1-21(30-12-7-13-31-21)20(29)23-17-11-6-10-16(22-17)14-32-25-18(15-8-4-3-5-9-15)19-24-26-27-28(19)2/h7-14H,5-6,15H2,1-4H3,(H,23,24,30);3-6,8-11H,7,12-14H2,1-2H3,(H,22,23,29)/b26-19-;25-18-. The summed E-state index contributed by atoms with van der Waals surface area (Å²) in [5, 5.41) is 37.1. The summed E-state index contributed by atoms with van der Waals surface area (Å²) in [6, 6.07) is 29.3. The van der Waals surface area contributed by atoms with Gasteiger partial charge in [0.25, 0.3) is 11.8 Å². The first kappa shape index (κ1) is 47.1. The third kappa shape index (κ3) is 12.8. The highest BCUT2D eigenvalue weighted by Gasteiger charge is 2.38. The number of ether oxygens (including phenoxy) is 4. The molecule has 22 nitrogen and oxygen atoms in total. The Morgan fingerprint density at radius 2 is 1.15 bits per heavy atom. The topological polar surface area (TPSA) is 251 Å². The highest BCUT2D eigenvalue weighted by molar-refractivity contribution is 6.10. The molecule has 7 rings (SSSR count). The van der Waals surface area contributed by atoms with Gasteiger partial charge in [0.1, 0.15) is 11.6 Å². The normalized spacial score (nSPS) is 13.9. The minimum atomic E-state index is -1.41. The molecule has 4 aromatic heterocycles. The molecule has 1 fully saturated rings. The Hall–Kier alpha value is -7.40. The number of hydrogen-bond donors (Lipinski definition) is 2. The molecule has 22 heteroatoms. The van der Waals surface area contributed by atoms with Crippen molar-refractivity contribution in [3.8, 4) is 0 Å². The van der Waals surface area contributed by atoms with E-state index >= 15 is 0 Å². The number of nitrogens with one attached hydrogen (secondary N) is 2. The molecule has 0 radical (unpaired) electrons. The minimum Gasteiger partial charge on any atom is -0.389 e. The van der Waals surface area contributed by atoms with E-state index in [1.165, 1.54) is 9.36 Å². The van der Waals surface area contributed by atoms with Crippen molar-refractivity contribution in [2.24, 2.45) is 24.4 Å². The van der Waals surface area contributed by atoms with Gasteiger partial charge in [0.15, 0.2) is 24.6 Å². The van der Waals surface area contributed by atoms with Crippen LogP contribution in [-0.4, -0.2) is 112 Å². The summed E-state index contributed by atoms with van der Waals surface area (Å²) in [5.41, 5.74) is 3.72. The van der Waals surface area contributed by atoms with Gasteiger partial charge in [-0.25, -0.2) is 19.3 Å².